The SMILES string of the molecule is CCN(CC)S(=O)(=O)c1cccc(C(=O)N2CCN(c3cccc(OC)c3)CC2)c1. The first-order valence-electron chi connectivity index (χ1n) is 10.2. The average molecular weight is 432 g/mol. The van der Waals surface area contributed by atoms with Crippen molar-refractivity contribution < 1.29 is 17.9 Å². The highest BCUT2D eigenvalue weighted by molar-refractivity contribution is 7.89. The topological polar surface area (TPSA) is 70.2 Å². The molecule has 1 heterocycles. The molecule has 7 nitrogen and oxygen atoms in total. The first-order chi connectivity index (χ1) is 14.4. The molecule has 3 rings (SSSR count). The van der Waals surface area contributed by atoms with Gasteiger partial charge in [-0.2, -0.15) is 4.31 Å². The summed E-state index contributed by atoms with van der Waals surface area (Å²) in [4.78, 5) is 17.2. The molecule has 162 valence electrons. The molecule has 30 heavy (non-hydrogen) atoms. The average Bonchev–Trinajstić information content (AvgIpc) is 2.79. The molecule has 0 aliphatic carbocycles. The lowest BCUT2D eigenvalue weighted by Gasteiger charge is -2.36. The third-order valence-corrected chi connectivity index (χ3v) is 7.46. The molecule has 1 aliphatic rings. The van der Waals surface area contributed by atoms with Crippen LogP contribution in [-0.4, -0.2) is 69.9 Å². The number of nitrogens with zero attached hydrogens (tertiary/aromatic N) is 3. The van der Waals surface area contributed by atoms with Crippen LogP contribution in [0.25, 0.3) is 0 Å². The van der Waals surface area contributed by atoms with Crippen molar-refractivity contribution in [3.8, 4) is 5.75 Å². The molecule has 0 aromatic heterocycles. The zero-order valence-corrected chi connectivity index (χ0v) is 18.6. The number of benzene rings is 2. The number of sulfonamides is 1. The monoisotopic (exact) mass is 431 g/mol. The number of amides is 1. The lowest BCUT2D eigenvalue weighted by atomic mass is 10.1. The van der Waals surface area contributed by atoms with Gasteiger partial charge < -0.3 is 14.5 Å². The highest BCUT2D eigenvalue weighted by Crippen LogP contribution is 2.23. The quantitative estimate of drug-likeness (QED) is 0.674. The van der Waals surface area contributed by atoms with Gasteiger partial charge >= 0.3 is 0 Å². The summed E-state index contributed by atoms with van der Waals surface area (Å²) in [7, 11) is -1.95. The van der Waals surface area contributed by atoms with E-state index in [9.17, 15) is 13.2 Å². The molecule has 1 saturated heterocycles. The standard InChI is InChI=1S/C22H29N3O4S/c1-4-25(5-2)30(27,28)21-11-6-8-18(16-21)22(26)24-14-12-23(13-15-24)19-9-7-10-20(17-19)29-3/h6-11,16-17H,4-5,12-15H2,1-3H3. The van der Waals surface area contributed by atoms with Crippen LogP contribution >= 0.6 is 0 Å². The Labute approximate surface area is 178 Å². The molecule has 2 aromatic carbocycles. The molecule has 0 N–H and O–H groups in total. The lowest BCUT2D eigenvalue weighted by molar-refractivity contribution is 0.0746. The van der Waals surface area contributed by atoms with Gasteiger partial charge in [0, 0.05) is 56.6 Å². The minimum atomic E-state index is -3.60. The zero-order chi connectivity index (χ0) is 21.7. The van der Waals surface area contributed by atoms with Gasteiger partial charge in [0.05, 0.1) is 12.0 Å². The Morgan fingerprint density at radius 1 is 1.00 bits per heavy atom. The highest BCUT2D eigenvalue weighted by Gasteiger charge is 2.26. The van der Waals surface area contributed by atoms with Gasteiger partial charge in [-0.05, 0) is 30.3 Å². The largest absolute Gasteiger partial charge is 0.497 e. The summed E-state index contributed by atoms with van der Waals surface area (Å²) in [5.41, 5.74) is 1.46. The molecule has 1 fully saturated rings. The third kappa shape index (κ3) is 4.60. The number of hydrogen-bond donors (Lipinski definition) is 0. The van der Waals surface area contributed by atoms with E-state index in [-0.39, 0.29) is 10.8 Å². The Balaban J connectivity index is 1.71. The van der Waals surface area contributed by atoms with Gasteiger partial charge in [-0.3, -0.25) is 4.79 Å². The second-order valence-electron chi connectivity index (χ2n) is 7.10. The molecule has 1 amide bonds. The molecule has 1 aliphatic heterocycles. The number of rotatable bonds is 7. The van der Waals surface area contributed by atoms with Gasteiger partial charge in [-0.1, -0.05) is 26.0 Å². The summed E-state index contributed by atoms with van der Waals surface area (Å²) < 4.78 is 32.2. The molecule has 0 radical (unpaired) electrons. The van der Waals surface area contributed by atoms with Crippen LogP contribution in [0.3, 0.4) is 0 Å². The third-order valence-electron chi connectivity index (χ3n) is 5.41. The Morgan fingerprint density at radius 3 is 2.30 bits per heavy atom. The van der Waals surface area contributed by atoms with Gasteiger partial charge in [-0.25, -0.2) is 8.42 Å². The molecule has 0 bridgehead atoms. The first-order valence-corrected chi connectivity index (χ1v) is 11.6. The minimum Gasteiger partial charge on any atom is -0.497 e. The van der Waals surface area contributed by atoms with Crippen LogP contribution in [0.4, 0.5) is 5.69 Å². The van der Waals surface area contributed by atoms with Gasteiger partial charge in [0.1, 0.15) is 5.75 Å². The fourth-order valence-electron chi connectivity index (χ4n) is 3.66. The van der Waals surface area contributed by atoms with E-state index in [1.165, 1.54) is 10.4 Å². The van der Waals surface area contributed by atoms with Gasteiger partial charge in [0.2, 0.25) is 10.0 Å². The van der Waals surface area contributed by atoms with E-state index >= 15 is 0 Å². The summed E-state index contributed by atoms with van der Waals surface area (Å²) in [6.45, 7) is 6.95. The van der Waals surface area contributed by atoms with E-state index in [1.807, 2.05) is 24.3 Å². The van der Waals surface area contributed by atoms with E-state index in [0.29, 0.717) is 44.8 Å². The maximum absolute atomic E-state index is 13.0. The van der Waals surface area contributed by atoms with Crippen molar-refractivity contribution in [2.45, 2.75) is 18.7 Å². The number of anilines is 1. The van der Waals surface area contributed by atoms with Crippen LogP contribution in [0.5, 0.6) is 5.75 Å². The molecular weight excluding hydrogens is 402 g/mol. The normalized spacial score (nSPS) is 14.8. The van der Waals surface area contributed by atoms with E-state index in [1.54, 1.807) is 44.1 Å². The predicted octanol–water partition coefficient (Wildman–Crippen LogP) is 2.69. The smallest absolute Gasteiger partial charge is 0.254 e. The van der Waals surface area contributed by atoms with Crippen molar-refractivity contribution in [2.75, 3.05) is 51.3 Å². The Hall–Kier alpha value is -2.58. The summed E-state index contributed by atoms with van der Waals surface area (Å²) in [6, 6.07) is 14.2. The van der Waals surface area contributed by atoms with E-state index in [4.69, 9.17) is 4.74 Å². The molecular formula is C22H29N3O4S. The van der Waals surface area contributed by atoms with Crippen LogP contribution in [0, 0.1) is 0 Å². The molecule has 0 atom stereocenters. The maximum Gasteiger partial charge on any atom is 0.254 e. The van der Waals surface area contributed by atoms with Crippen LogP contribution in [0.15, 0.2) is 53.4 Å². The number of piperazine rings is 1. The molecule has 0 spiro atoms. The minimum absolute atomic E-state index is 0.142. The highest BCUT2D eigenvalue weighted by atomic mass is 32.2. The maximum atomic E-state index is 13.0. The molecule has 8 heteroatoms. The van der Waals surface area contributed by atoms with Crippen molar-refractivity contribution in [3.63, 3.8) is 0 Å². The fraction of sp³-hybridized carbons (Fsp3) is 0.409. The summed E-state index contributed by atoms with van der Waals surface area (Å²) >= 11 is 0. The Kier molecular flexibility index (Phi) is 6.99. The fourth-order valence-corrected chi connectivity index (χ4v) is 5.16. The van der Waals surface area contributed by atoms with Crippen molar-refractivity contribution in [2.24, 2.45) is 0 Å². The van der Waals surface area contributed by atoms with Crippen molar-refractivity contribution >= 4 is 21.6 Å². The lowest BCUT2D eigenvalue weighted by Crippen LogP contribution is -2.48. The summed E-state index contributed by atoms with van der Waals surface area (Å²) in [6.07, 6.45) is 0. The van der Waals surface area contributed by atoms with Gasteiger partial charge in [0.25, 0.3) is 5.91 Å². The van der Waals surface area contributed by atoms with E-state index in [2.05, 4.69) is 4.90 Å². The Morgan fingerprint density at radius 2 is 1.67 bits per heavy atom. The first kappa shape index (κ1) is 22.1. The Bertz CT molecular complexity index is 981. The van der Waals surface area contributed by atoms with Crippen molar-refractivity contribution in [1.82, 2.24) is 9.21 Å². The van der Waals surface area contributed by atoms with Crippen LogP contribution < -0.4 is 9.64 Å². The number of carbonyl (C=O) groups is 1. The predicted molar refractivity (Wildman–Crippen MR) is 118 cm³/mol. The molecule has 0 saturated carbocycles. The van der Waals surface area contributed by atoms with Crippen molar-refractivity contribution in [3.05, 3.63) is 54.1 Å². The molecule has 2 aromatic rings. The second kappa shape index (κ2) is 9.49. The van der Waals surface area contributed by atoms with E-state index < -0.39 is 10.0 Å². The summed E-state index contributed by atoms with van der Waals surface area (Å²) in [5, 5.41) is 0. The second-order valence-corrected chi connectivity index (χ2v) is 9.04. The van der Waals surface area contributed by atoms with Crippen LogP contribution in [-0.2, 0) is 10.0 Å². The van der Waals surface area contributed by atoms with Crippen LogP contribution in [0.2, 0.25) is 0 Å². The van der Waals surface area contributed by atoms with E-state index in [0.717, 1.165) is 11.4 Å². The number of hydrogen-bond acceptors (Lipinski definition) is 5. The van der Waals surface area contributed by atoms with Crippen LogP contribution in [0.1, 0.15) is 24.2 Å². The van der Waals surface area contributed by atoms with Gasteiger partial charge in [0.15, 0.2) is 0 Å². The zero-order valence-electron chi connectivity index (χ0n) is 17.7. The molecule has 0 unspecified atom stereocenters. The number of methoxy groups -OCH3 is 1. The summed E-state index contributed by atoms with van der Waals surface area (Å²) in [5.74, 6) is 0.661. The van der Waals surface area contributed by atoms with Gasteiger partial charge in [-0.15, -0.1) is 0 Å². The number of carbonyl (C=O) groups excluding carboxylic acids is 1. The number of ether oxygens (including phenoxy) is 1. The van der Waals surface area contributed by atoms with Crippen molar-refractivity contribution in [1.29, 1.82) is 0 Å².